The molecule has 9 heteroatoms. The maximum absolute atomic E-state index is 9.89. The SMILES string of the molecule is Nc1nc([C@H]2OC[C@@H](O)[C@@H](O)[C@H]2O)nc2nc[nH]c12. The maximum Gasteiger partial charge on any atom is 0.183 e. The fourth-order valence-corrected chi connectivity index (χ4v) is 2.03. The lowest BCUT2D eigenvalue weighted by molar-refractivity contribution is -0.191. The molecule has 0 unspecified atom stereocenters. The highest BCUT2D eigenvalue weighted by molar-refractivity contribution is 5.80. The largest absolute Gasteiger partial charge is 0.388 e. The Morgan fingerprint density at radius 3 is 2.84 bits per heavy atom. The number of nitrogen functional groups attached to an aromatic ring is 1. The molecule has 0 aromatic carbocycles. The fourth-order valence-electron chi connectivity index (χ4n) is 2.03. The normalized spacial score (nSPS) is 31.7. The van der Waals surface area contributed by atoms with Gasteiger partial charge in [-0.05, 0) is 0 Å². The third-order valence-corrected chi connectivity index (χ3v) is 3.09. The van der Waals surface area contributed by atoms with E-state index in [1.54, 1.807) is 0 Å². The molecule has 0 saturated carbocycles. The molecule has 0 bridgehead atoms. The van der Waals surface area contributed by atoms with Crippen molar-refractivity contribution in [1.29, 1.82) is 0 Å². The summed E-state index contributed by atoms with van der Waals surface area (Å²) < 4.78 is 5.26. The lowest BCUT2D eigenvalue weighted by atomic mass is 9.99. The summed E-state index contributed by atoms with van der Waals surface area (Å²) >= 11 is 0. The van der Waals surface area contributed by atoms with E-state index in [0.29, 0.717) is 11.2 Å². The van der Waals surface area contributed by atoms with E-state index in [2.05, 4.69) is 19.9 Å². The van der Waals surface area contributed by atoms with Gasteiger partial charge in [0.2, 0.25) is 0 Å². The summed E-state index contributed by atoms with van der Waals surface area (Å²) in [6, 6.07) is 0. The first-order chi connectivity index (χ1) is 9.08. The van der Waals surface area contributed by atoms with Gasteiger partial charge in [0, 0.05) is 0 Å². The summed E-state index contributed by atoms with van der Waals surface area (Å²) in [5.74, 6) is 0.296. The smallest absolute Gasteiger partial charge is 0.183 e. The molecule has 0 spiro atoms. The number of rotatable bonds is 1. The lowest BCUT2D eigenvalue weighted by Crippen LogP contribution is -2.49. The van der Waals surface area contributed by atoms with Gasteiger partial charge in [-0.3, -0.25) is 0 Å². The van der Waals surface area contributed by atoms with Crippen LogP contribution in [0.5, 0.6) is 0 Å². The second kappa shape index (κ2) is 4.38. The Bertz CT molecular complexity index is 603. The van der Waals surface area contributed by atoms with Crippen molar-refractivity contribution >= 4 is 17.0 Å². The zero-order valence-corrected chi connectivity index (χ0v) is 9.76. The Hall–Kier alpha value is -1.81. The highest BCUT2D eigenvalue weighted by Gasteiger charge is 2.40. The van der Waals surface area contributed by atoms with Crippen LogP contribution in [0.25, 0.3) is 11.2 Å². The molecule has 0 amide bonds. The Labute approximate surface area is 107 Å². The first-order valence-corrected chi connectivity index (χ1v) is 5.70. The van der Waals surface area contributed by atoms with Gasteiger partial charge in [0.05, 0.1) is 12.9 Å². The van der Waals surface area contributed by atoms with Gasteiger partial charge in [-0.1, -0.05) is 0 Å². The molecule has 9 nitrogen and oxygen atoms in total. The van der Waals surface area contributed by atoms with Gasteiger partial charge in [-0.15, -0.1) is 0 Å². The first kappa shape index (κ1) is 12.2. The second-order valence-corrected chi connectivity index (χ2v) is 4.37. The number of aliphatic hydroxyl groups excluding tert-OH is 3. The van der Waals surface area contributed by atoms with E-state index < -0.39 is 24.4 Å². The average Bonchev–Trinajstić information content (AvgIpc) is 2.85. The predicted molar refractivity (Wildman–Crippen MR) is 62.8 cm³/mol. The van der Waals surface area contributed by atoms with Crippen molar-refractivity contribution in [2.75, 3.05) is 12.3 Å². The molecule has 3 heterocycles. The van der Waals surface area contributed by atoms with Gasteiger partial charge >= 0.3 is 0 Å². The Morgan fingerprint density at radius 1 is 1.26 bits per heavy atom. The Morgan fingerprint density at radius 2 is 2.05 bits per heavy atom. The molecule has 1 aliphatic rings. The van der Waals surface area contributed by atoms with E-state index in [-0.39, 0.29) is 18.2 Å². The van der Waals surface area contributed by atoms with Crippen LogP contribution in [0.1, 0.15) is 11.9 Å². The lowest BCUT2D eigenvalue weighted by Gasteiger charge is -2.34. The molecule has 6 N–H and O–H groups in total. The molecule has 1 fully saturated rings. The minimum Gasteiger partial charge on any atom is -0.388 e. The second-order valence-electron chi connectivity index (χ2n) is 4.37. The monoisotopic (exact) mass is 267 g/mol. The van der Waals surface area contributed by atoms with Crippen LogP contribution in [0, 0.1) is 0 Å². The van der Waals surface area contributed by atoms with Crippen LogP contribution < -0.4 is 5.73 Å². The number of imidazole rings is 1. The molecule has 1 aliphatic heterocycles. The van der Waals surface area contributed by atoms with E-state index in [4.69, 9.17) is 10.5 Å². The van der Waals surface area contributed by atoms with Crippen LogP contribution in [0.4, 0.5) is 5.82 Å². The van der Waals surface area contributed by atoms with Gasteiger partial charge < -0.3 is 30.8 Å². The van der Waals surface area contributed by atoms with Crippen LogP contribution in [0.15, 0.2) is 6.33 Å². The molecule has 2 aromatic heterocycles. The first-order valence-electron chi connectivity index (χ1n) is 5.70. The summed E-state index contributed by atoms with van der Waals surface area (Å²) in [6.45, 7) is -0.120. The van der Waals surface area contributed by atoms with Crippen molar-refractivity contribution in [2.45, 2.75) is 24.4 Å². The molecular weight excluding hydrogens is 254 g/mol. The molecule has 0 aliphatic carbocycles. The molecule has 2 aromatic rings. The number of aliphatic hydroxyl groups is 3. The minimum atomic E-state index is -1.33. The summed E-state index contributed by atoms with van der Waals surface area (Å²) in [5.41, 5.74) is 6.59. The molecule has 1 saturated heterocycles. The molecule has 3 rings (SSSR count). The standard InChI is InChI=1S/C10H13N5O4/c11-8-4-9(13-2-12-4)15-10(14-8)7-6(18)5(17)3(16)1-19-7/h2-3,5-7,16-18H,1H2,(H3,11,12,13,14,15)/t3-,5-,6-,7+/m1/s1. The summed E-state index contributed by atoms with van der Waals surface area (Å²) in [6.07, 6.45) is -3.33. The molecular formula is C10H13N5O4. The average molecular weight is 267 g/mol. The van der Waals surface area contributed by atoms with Crippen molar-refractivity contribution in [2.24, 2.45) is 0 Å². The van der Waals surface area contributed by atoms with E-state index in [9.17, 15) is 15.3 Å². The number of nitrogens with one attached hydrogen (secondary N) is 1. The highest BCUT2D eigenvalue weighted by Crippen LogP contribution is 2.28. The molecule has 0 radical (unpaired) electrons. The van der Waals surface area contributed by atoms with E-state index in [1.165, 1.54) is 6.33 Å². The molecule has 102 valence electrons. The van der Waals surface area contributed by atoms with Crippen molar-refractivity contribution in [3.8, 4) is 0 Å². The number of H-pyrrole nitrogens is 1. The number of fused-ring (bicyclic) bond motifs is 1. The number of aromatic nitrogens is 4. The van der Waals surface area contributed by atoms with Crippen LogP contribution in [-0.2, 0) is 4.74 Å². The quantitative estimate of drug-likeness (QED) is 0.401. The van der Waals surface area contributed by atoms with Gasteiger partial charge in [0.1, 0.15) is 29.9 Å². The fraction of sp³-hybridized carbons (Fsp3) is 0.500. The number of hydrogen-bond acceptors (Lipinski definition) is 8. The summed E-state index contributed by atoms with van der Waals surface area (Å²) in [4.78, 5) is 14.9. The van der Waals surface area contributed by atoms with Crippen LogP contribution in [0.3, 0.4) is 0 Å². The van der Waals surface area contributed by atoms with E-state index in [1.807, 2.05) is 0 Å². The van der Waals surface area contributed by atoms with Crippen molar-refractivity contribution in [3.05, 3.63) is 12.2 Å². The van der Waals surface area contributed by atoms with E-state index in [0.717, 1.165) is 0 Å². The van der Waals surface area contributed by atoms with E-state index >= 15 is 0 Å². The number of aromatic amines is 1. The van der Waals surface area contributed by atoms with Crippen LogP contribution >= 0.6 is 0 Å². The van der Waals surface area contributed by atoms with Gasteiger partial charge in [-0.25, -0.2) is 15.0 Å². The Balaban J connectivity index is 1.99. The van der Waals surface area contributed by atoms with Gasteiger partial charge in [0.25, 0.3) is 0 Å². The number of anilines is 1. The molecule has 19 heavy (non-hydrogen) atoms. The Kier molecular flexibility index (Phi) is 2.82. The van der Waals surface area contributed by atoms with Crippen molar-refractivity contribution in [1.82, 2.24) is 19.9 Å². The van der Waals surface area contributed by atoms with Gasteiger partial charge in [0.15, 0.2) is 17.3 Å². The van der Waals surface area contributed by atoms with Crippen molar-refractivity contribution in [3.63, 3.8) is 0 Å². The summed E-state index contributed by atoms with van der Waals surface area (Å²) in [5, 5.41) is 28.9. The van der Waals surface area contributed by atoms with Crippen LogP contribution in [-0.4, -0.2) is 60.2 Å². The van der Waals surface area contributed by atoms with Crippen molar-refractivity contribution < 1.29 is 20.1 Å². The third kappa shape index (κ3) is 1.92. The molecule has 4 atom stereocenters. The highest BCUT2D eigenvalue weighted by atomic mass is 16.5. The number of hydrogen-bond donors (Lipinski definition) is 5. The zero-order valence-electron chi connectivity index (χ0n) is 9.76. The van der Waals surface area contributed by atoms with Gasteiger partial charge in [-0.2, -0.15) is 0 Å². The predicted octanol–water partition coefficient (Wildman–Crippen LogP) is -1.91. The zero-order chi connectivity index (χ0) is 13.6. The maximum atomic E-state index is 9.89. The van der Waals surface area contributed by atoms with Crippen LogP contribution in [0.2, 0.25) is 0 Å². The third-order valence-electron chi connectivity index (χ3n) is 3.09. The number of ether oxygens (including phenoxy) is 1. The number of nitrogens with two attached hydrogens (primary N) is 1. The number of nitrogens with zero attached hydrogens (tertiary/aromatic N) is 3. The minimum absolute atomic E-state index is 0.120. The topological polar surface area (TPSA) is 150 Å². The summed E-state index contributed by atoms with van der Waals surface area (Å²) in [7, 11) is 0.